The predicted octanol–water partition coefficient (Wildman–Crippen LogP) is 3.58. The first-order chi connectivity index (χ1) is 10.6. The number of rotatable bonds is 7. The highest BCUT2D eigenvalue weighted by Crippen LogP contribution is 2.15. The SMILES string of the molecule is CC[C@H](C)N(Cc1ccncc1)Cc1ccc(C(=O)O)cc1. The predicted molar refractivity (Wildman–Crippen MR) is 86.6 cm³/mol. The molecule has 0 radical (unpaired) electrons. The molecule has 1 aromatic heterocycles. The quantitative estimate of drug-likeness (QED) is 0.849. The third-order valence-corrected chi connectivity index (χ3v) is 3.94. The Balaban J connectivity index is 2.11. The maximum Gasteiger partial charge on any atom is 0.335 e. The van der Waals surface area contributed by atoms with Gasteiger partial charge in [-0.25, -0.2) is 4.79 Å². The summed E-state index contributed by atoms with van der Waals surface area (Å²) in [5, 5.41) is 8.96. The van der Waals surface area contributed by atoms with Crippen LogP contribution in [0, 0.1) is 0 Å². The number of hydrogen-bond donors (Lipinski definition) is 1. The van der Waals surface area contributed by atoms with Gasteiger partial charge in [0.1, 0.15) is 0 Å². The Labute approximate surface area is 131 Å². The molecule has 0 bridgehead atoms. The van der Waals surface area contributed by atoms with E-state index in [1.807, 2.05) is 36.7 Å². The van der Waals surface area contributed by atoms with Crippen LogP contribution in [0.5, 0.6) is 0 Å². The lowest BCUT2D eigenvalue weighted by Gasteiger charge is -2.28. The first kappa shape index (κ1) is 16.2. The normalized spacial score (nSPS) is 12.3. The zero-order chi connectivity index (χ0) is 15.9. The van der Waals surface area contributed by atoms with Crippen LogP contribution in [0.1, 0.15) is 41.8 Å². The second-order valence-corrected chi connectivity index (χ2v) is 5.52. The van der Waals surface area contributed by atoms with Crippen molar-refractivity contribution in [2.24, 2.45) is 0 Å². The number of carboxylic acids is 1. The largest absolute Gasteiger partial charge is 0.478 e. The van der Waals surface area contributed by atoms with Crippen molar-refractivity contribution in [2.45, 2.75) is 39.4 Å². The molecule has 0 saturated heterocycles. The van der Waals surface area contributed by atoms with Crippen molar-refractivity contribution >= 4 is 5.97 Å². The van der Waals surface area contributed by atoms with E-state index in [0.29, 0.717) is 11.6 Å². The molecule has 0 aliphatic rings. The van der Waals surface area contributed by atoms with Crippen molar-refractivity contribution in [2.75, 3.05) is 0 Å². The summed E-state index contributed by atoms with van der Waals surface area (Å²) < 4.78 is 0. The Morgan fingerprint density at radius 1 is 1.09 bits per heavy atom. The molecule has 0 spiro atoms. The number of carbonyl (C=O) groups is 1. The van der Waals surface area contributed by atoms with Crippen LogP contribution in [0.3, 0.4) is 0 Å². The molecule has 2 aromatic rings. The molecular formula is C18H22N2O2. The van der Waals surface area contributed by atoms with E-state index in [9.17, 15) is 4.79 Å². The van der Waals surface area contributed by atoms with Crippen LogP contribution in [0.25, 0.3) is 0 Å². The molecular weight excluding hydrogens is 276 g/mol. The molecule has 0 amide bonds. The van der Waals surface area contributed by atoms with Crippen molar-refractivity contribution < 1.29 is 9.90 Å². The molecule has 4 heteroatoms. The summed E-state index contributed by atoms with van der Waals surface area (Å²) >= 11 is 0. The van der Waals surface area contributed by atoms with Gasteiger partial charge in [-0.3, -0.25) is 9.88 Å². The summed E-state index contributed by atoms with van der Waals surface area (Å²) in [4.78, 5) is 17.4. The number of carboxylic acid groups (broad SMARTS) is 1. The van der Waals surface area contributed by atoms with Gasteiger partial charge in [-0.2, -0.15) is 0 Å². The fourth-order valence-corrected chi connectivity index (χ4v) is 2.34. The van der Waals surface area contributed by atoms with E-state index in [1.54, 1.807) is 12.1 Å². The van der Waals surface area contributed by atoms with Crippen LogP contribution in [0.2, 0.25) is 0 Å². The minimum atomic E-state index is -0.887. The van der Waals surface area contributed by atoms with Gasteiger partial charge in [0, 0.05) is 31.5 Å². The van der Waals surface area contributed by atoms with Crippen molar-refractivity contribution in [3.63, 3.8) is 0 Å². The first-order valence-corrected chi connectivity index (χ1v) is 7.55. The Bertz CT molecular complexity index is 596. The molecule has 22 heavy (non-hydrogen) atoms. The molecule has 0 saturated carbocycles. The highest BCUT2D eigenvalue weighted by molar-refractivity contribution is 5.87. The molecule has 0 fully saturated rings. The van der Waals surface area contributed by atoms with E-state index in [1.165, 1.54) is 5.56 Å². The third kappa shape index (κ3) is 4.40. The van der Waals surface area contributed by atoms with Crippen LogP contribution >= 0.6 is 0 Å². The Morgan fingerprint density at radius 2 is 1.64 bits per heavy atom. The molecule has 2 rings (SSSR count). The van der Waals surface area contributed by atoms with Gasteiger partial charge in [-0.15, -0.1) is 0 Å². The van der Waals surface area contributed by atoms with Gasteiger partial charge in [-0.05, 0) is 48.7 Å². The minimum Gasteiger partial charge on any atom is -0.478 e. The first-order valence-electron chi connectivity index (χ1n) is 7.55. The van der Waals surface area contributed by atoms with Crippen molar-refractivity contribution in [1.82, 2.24) is 9.88 Å². The fourth-order valence-electron chi connectivity index (χ4n) is 2.34. The lowest BCUT2D eigenvalue weighted by molar-refractivity contribution is 0.0697. The Kier molecular flexibility index (Phi) is 5.67. The highest BCUT2D eigenvalue weighted by Gasteiger charge is 2.13. The summed E-state index contributed by atoms with van der Waals surface area (Å²) in [6.07, 6.45) is 4.69. The van der Waals surface area contributed by atoms with Crippen LogP contribution in [0.4, 0.5) is 0 Å². The number of hydrogen-bond acceptors (Lipinski definition) is 3. The van der Waals surface area contributed by atoms with E-state index < -0.39 is 5.97 Å². The third-order valence-electron chi connectivity index (χ3n) is 3.94. The average Bonchev–Trinajstić information content (AvgIpc) is 2.55. The van der Waals surface area contributed by atoms with Crippen LogP contribution < -0.4 is 0 Å². The van der Waals surface area contributed by atoms with Gasteiger partial charge in [0.05, 0.1) is 5.56 Å². The lowest BCUT2D eigenvalue weighted by Crippen LogP contribution is -2.31. The van der Waals surface area contributed by atoms with E-state index >= 15 is 0 Å². The zero-order valence-electron chi connectivity index (χ0n) is 13.1. The van der Waals surface area contributed by atoms with E-state index in [0.717, 1.165) is 25.1 Å². The summed E-state index contributed by atoms with van der Waals surface area (Å²) in [6, 6.07) is 11.6. The van der Waals surface area contributed by atoms with Gasteiger partial charge >= 0.3 is 5.97 Å². The molecule has 116 valence electrons. The topological polar surface area (TPSA) is 53.4 Å². The van der Waals surface area contributed by atoms with Crippen molar-refractivity contribution in [3.8, 4) is 0 Å². The Morgan fingerprint density at radius 3 is 2.14 bits per heavy atom. The zero-order valence-corrected chi connectivity index (χ0v) is 13.1. The lowest BCUT2D eigenvalue weighted by atomic mass is 10.1. The molecule has 0 unspecified atom stereocenters. The molecule has 0 aliphatic carbocycles. The van der Waals surface area contributed by atoms with Gasteiger partial charge < -0.3 is 5.11 Å². The molecule has 4 nitrogen and oxygen atoms in total. The van der Waals surface area contributed by atoms with Crippen LogP contribution in [-0.4, -0.2) is 27.0 Å². The molecule has 1 N–H and O–H groups in total. The number of pyridine rings is 1. The average molecular weight is 298 g/mol. The van der Waals surface area contributed by atoms with E-state index in [4.69, 9.17) is 5.11 Å². The van der Waals surface area contributed by atoms with Crippen molar-refractivity contribution in [1.29, 1.82) is 0 Å². The summed E-state index contributed by atoms with van der Waals surface area (Å²) in [6.45, 7) is 6.06. The molecule has 0 aliphatic heterocycles. The van der Waals surface area contributed by atoms with Gasteiger partial charge in [0.15, 0.2) is 0 Å². The van der Waals surface area contributed by atoms with E-state index in [2.05, 4.69) is 23.7 Å². The van der Waals surface area contributed by atoms with Gasteiger partial charge in [0.2, 0.25) is 0 Å². The fraction of sp³-hybridized carbons (Fsp3) is 0.333. The van der Waals surface area contributed by atoms with Gasteiger partial charge in [-0.1, -0.05) is 19.1 Å². The monoisotopic (exact) mass is 298 g/mol. The standard InChI is InChI=1S/C18H22N2O2/c1-3-14(2)20(13-16-8-10-19-11-9-16)12-15-4-6-17(7-5-15)18(21)22/h4-11,14H,3,12-13H2,1-2H3,(H,21,22)/t14-/m0/s1. The summed E-state index contributed by atoms with van der Waals surface area (Å²) in [5.41, 5.74) is 2.68. The van der Waals surface area contributed by atoms with Gasteiger partial charge in [0.25, 0.3) is 0 Å². The maximum atomic E-state index is 10.9. The van der Waals surface area contributed by atoms with Crippen LogP contribution in [0.15, 0.2) is 48.8 Å². The Hall–Kier alpha value is -2.20. The van der Waals surface area contributed by atoms with Crippen molar-refractivity contribution in [3.05, 3.63) is 65.5 Å². The van der Waals surface area contributed by atoms with E-state index in [-0.39, 0.29) is 0 Å². The molecule has 1 atom stereocenters. The number of aromatic carboxylic acids is 1. The summed E-state index contributed by atoms with van der Waals surface area (Å²) in [7, 11) is 0. The highest BCUT2D eigenvalue weighted by atomic mass is 16.4. The summed E-state index contributed by atoms with van der Waals surface area (Å²) in [5.74, 6) is -0.887. The number of benzene rings is 1. The number of nitrogens with zero attached hydrogens (tertiary/aromatic N) is 2. The van der Waals surface area contributed by atoms with Crippen LogP contribution in [-0.2, 0) is 13.1 Å². The smallest absolute Gasteiger partial charge is 0.335 e. The maximum absolute atomic E-state index is 10.9. The second kappa shape index (κ2) is 7.71. The number of aromatic nitrogens is 1. The second-order valence-electron chi connectivity index (χ2n) is 5.52. The minimum absolute atomic E-state index is 0.327. The molecule has 1 heterocycles. The molecule has 1 aromatic carbocycles.